The van der Waals surface area contributed by atoms with Gasteiger partial charge in [0.25, 0.3) is 0 Å². The van der Waals surface area contributed by atoms with E-state index in [0.29, 0.717) is 5.92 Å². The minimum absolute atomic E-state index is 0.305. The van der Waals surface area contributed by atoms with Gasteiger partial charge < -0.3 is 10.2 Å². The fourth-order valence-corrected chi connectivity index (χ4v) is 1.96. The maximum atomic E-state index is 10.1. The molecule has 0 spiro atoms. The van der Waals surface area contributed by atoms with Crippen molar-refractivity contribution in [3.63, 3.8) is 0 Å². The van der Waals surface area contributed by atoms with E-state index in [2.05, 4.69) is 0 Å². The van der Waals surface area contributed by atoms with Crippen LogP contribution in [0.4, 0.5) is 0 Å². The molecule has 2 heteroatoms. The molecule has 0 amide bonds. The molecule has 0 heterocycles. The molecular weight excluding hydrogens is 188 g/mol. The van der Waals surface area contributed by atoms with Crippen LogP contribution >= 0.6 is 0 Å². The molecule has 82 valence electrons. The van der Waals surface area contributed by atoms with Gasteiger partial charge in [0.2, 0.25) is 0 Å². The first-order valence-corrected chi connectivity index (χ1v) is 5.53. The second-order valence-corrected chi connectivity index (χ2v) is 4.63. The fourth-order valence-electron chi connectivity index (χ4n) is 1.96. The normalized spacial score (nSPS) is 20.0. The highest BCUT2D eigenvalue weighted by molar-refractivity contribution is 5.32. The highest BCUT2D eigenvalue weighted by atomic mass is 16.3. The Kier molecular flexibility index (Phi) is 2.81. The third kappa shape index (κ3) is 2.21. The van der Waals surface area contributed by atoms with Crippen LogP contribution in [0.1, 0.15) is 35.6 Å². The van der Waals surface area contributed by atoms with Crippen LogP contribution in [0.25, 0.3) is 0 Å². The lowest BCUT2D eigenvalue weighted by Crippen LogP contribution is -2.21. The zero-order chi connectivity index (χ0) is 11.0. The Morgan fingerprint density at radius 2 is 1.87 bits per heavy atom. The van der Waals surface area contributed by atoms with Gasteiger partial charge in [-0.2, -0.15) is 0 Å². The molecule has 0 saturated heterocycles. The third-order valence-electron chi connectivity index (χ3n) is 3.18. The Morgan fingerprint density at radius 1 is 1.20 bits per heavy atom. The highest BCUT2D eigenvalue weighted by Gasteiger charge is 2.35. The van der Waals surface area contributed by atoms with Crippen molar-refractivity contribution in [2.45, 2.75) is 38.9 Å². The summed E-state index contributed by atoms with van der Waals surface area (Å²) < 4.78 is 0. The third-order valence-corrected chi connectivity index (χ3v) is 3.18. The molecule has 1 saturated carbocycles. The van der Waals surface area contributed by atoms with Gasteiger partial charge in [0.1, 0.15) is 6.10 Å². The fraction of sp³-hybridized carbons (Fsp3) is 0.538. The van der Waals surface area contributed by atoms with Gasteiger partial charge >= 0.3 is 0 Å². The predicted molar refractivity (Wildman–Crippen MR) is 59.6 cm³/mol. The molecule has 1 fully saturated rings. The minimum atomic E-state index is -0.725. The van der Waals surface area contributed by atoms with Gasteiger partial charge in [-0.15, -0.1) is 0 Å². The summed E-state index contributed by atoms with van der Waals surface area (Å²) in [5.41, 5.74) is 3.04. The molecule has 2 rings (SSSR count). The van der Waals surface area contributed by atoms with Gasteiger partial charge in [0, 0.05) is 0 Å². The van der Waals surface area contributed by atoms with Crippen LogP contribution in [0.5, 0.6) is 0 Å². The quantitative estimate of drug-likeness (QED) is 0.795. The van der Waals surface area contributed by atoms with Gasteiger partial charge in [-0.1, -0.05) is 23.8 Å². The number of hydrogen-bond acceptors (Lipinski definition) is 2. The molecule has 0 aliphatic heterocycles. The van der Waals surface area contributed by atoms with E-state index in [1.807, 2.05) is 32.0 Å². The van der Waals surface area contributed by atoms with E-state index in [4.69, 9.17) is 0 Å². The van der Waals surface area contributed by atoms with Crippen LogP contribution in [0.2, 0.25) is 0 Å². The molecule has 2 atom stereocenters. The molecule has 2 N–H and O–H groups in total. The number of hydrogen-bond donors (Lipinski definition) is 2. The Bertz CT molecular complexity index is 356. The maximum Gasteiger partial charge on any atom is 0.105 e. The van der Waals surface area contributed by atoms with Gasteiger partial charge in [-0.3, -0.25) is 0 Å². The summed E-state index contributed by atoms with van der Waals surface area (Å²) in [5.74, 6) is 0.305. The van der Waals surface area contributed by atoms with Crippen molar-refractivity contribution in [2.75, 3.05) is 0 Å². The summed E-state index contributed by atoms with van der Waals surface area (Å²) in [4.78, 5) is 0. The first kappa shape index (κ1) is 10.7. The van der Waals surface area contributed by atoms with Crippen molar-refractivity contribution in [1.82, 2.24) is 0 Å². The molecule has 0 bridgehead atoms. The molecule has 2 nitrogen and oxygen atoms in total. The first-order chi connectivity index (χ1) is 7.09. The average Bonchev–Trinajstić information content (AvgIpc) is 3.03. The number of benzene rings is 1. The summed E-state index contributed by atoms with van der Waals surface area (Å²) in [7, 11) is 0. The standard InChI is InChI=1S/C13H18O2/c1-8-3-4-9(2)11(7-8)13(15)12(14)10-5-6-10/h3-4,7,10,12-15H,5-6H2,1-2H3. The summed E-state index contributed by atoms with van der Waals surface area (Å²) >= 11 is 0. The SMILES string of the molecule is Cc1ccc(C)c(C(O)C(O)C2CC2)c1. The van der Waals surface area contributed by atoms with Gasteiger partial charge in [-0.05, 0) is 43.7 Å². The van der Waals surface area contributed by atoms with Crippen molar-refractivity contribution in [3.05, 3.63) is 34.9 Å². The Labute approximate surface area is 90.6 Å². The van der Waals surface area contributed by atoms with Crippen molar-refractivity contribution in [3.8, 4) is 0 Å². The molecule has 2 unspecified atom stereocenters. The summed E-state index contributed by atoms with van der Waals surface area (Å²) in [5, 5.41) is 19.9. The smallest absolute Gasteiger partial charge is 0.105 e. The van der Waals surface area contributed by atoms with E-state index >= 15 is 0 Å². The van der Waals surface area contributed by atoms with E-state index in [0.717, 1.165) is 29.5 Å². The van der Waals surface area contributed by atoms with Crippen LogP contribution in [-0.2, 0) is 0 Å². The predicted octanol–water partition coefficient (Wildman–Crippen LogP) is 2.11. The lowest BCUT2D eigenvalue weighted by Gasteiger charge is -2.20. The van der Waals surface area contributed by atoms with Crippen LogP contribution in [-0.4, -0.2) is 16.3 Å². The molecule has 0 aromatic heterocycles. The molecule has 1 aliphatic carbocycles. The Morgan fingerprint density at radius 3 is 2.47 bits per heavy atom. The molecule has 1 aromatic rings. The zero-order valence-electron chi connectivity index (χ0n) is 9.27. The van der Waals surface area contributed by atoms with Crippen molar-refractivity contribution < 1.29 is 10.2 Å². The van der Waals surface area contributed by atoms with E-state index in [1.54, 1.807) is 0 Å². The van der Waals surface area contributed by atoms with E-state index < -0.39 is 12.2 Å². The van der Waals surface area contributed by atoms with Crippen molar-refractivity contribution >= 4 is 0 Å². The molecule has 15 heavy (non-hydrogen) atoms. The largest absolute Gasteiger partial charge is 0.390 e. The number of rotatable bonds is 3. The van der Waals surface area contributed by atoms with Crippen LogP contribution in [0.3, 0.4) is 0 Å². The molecule has 1 aromatic carbocycles. The van der Waals surface area contributed by atoms with E-state index in [-0.39, 0.29) is 0 Å². The van der Waals surface area contributed by atoms with Gasteiger partial charge in [0.15, 0.2) is 0 Å². The molecule has 0 radical (unpaired) electrons. The number of aliphatic hydroxyl groups excluding tert-OH is 2. The molecular formula is C13H18O2. The summed E-state index contributed by atoms with van der Waals surface area (Å²) in [6.45, 7) is 3.97. The Hall–Kier alpha value is -0.860. The maximum absolute atomic E-state index is 10.1. The minimum Gasteiger partial charge on any atom is -0.390 e. The summed E-state index contributed by atoms with van der Waals surface area (Å²) in [6.07, 6.45) is 0.773. The van der Waals surface area contributed by atoms with Gasteiger partial charge in [0.05, 0.1) is 6.10 Å². The number of aryl methyl sites for hydroxylation is 2. The second-order valence-electron chi connectivity index (χ2n) is 4.63. The van der Waals surface area contributed by atoms with Crippen molar-refractivity contribution in [2.24, 2.45) is 5.92 Å². The monoisotopic (exact) mass is 206 g/mol. The van der Waals surface area contributed by atoms with Crippen LogP contribution < -0.4 is 0 Å². The van der Waals surface area contributed by atoms with Crippen molar-refractivity contribution in [1.29, 1.82) is 0 Å². The second kappa shape index (κ2) is 3.95. The van der Waals surface area contributed by atoms with E-state index in [9.17, 15) is 10.2 Å². The lowest BCUT2D eigenvalue weighted by atomic mass is 9.95. The van der Waals surface area contributed by atoms with Crippen LogP contribution in [0.15, 0.2) is 18.2 Å². The highest BCUT2D eigenvalue weighted by Crippen LogP contribution is 2.38. The lowest BCUT2D eigenvalue weighted by molar-refractivity contribution is 0.00448. The average molecular weight is 206 g/mol. The number of aliphatic hydroxyl groups is 2. The zero-order valence-corrected chi connectivity index (χ0v) is 9.27. The van der Waals surface area contributed by atoms with E-state index in [1.165, 1.54) is 0 Å². The van der Waals surface area contributed by atoms with Gasteiger partial charge in [-0.25, -0.2) is 0 Å². The van der Waals surface area contributed by atoms with Crippen LogP contribution in [0, 0.1) is 19.8 Å². The summed E-state index contributed by atoms with van der Waals surface area (Å²) in [6, 6.07) is 5.98. The first-order valence-electron chi connectivity index (χ1n) is 5.53. The topological polar surface area (TPSA) is 40.5 Å². The Balaban J connectivity index is 2.23. The molecule has 1 aliphatic rings.